The van der Waals surface area contributed by atoms with Crippen molar-refractivity contribution in [3.63, 3.8) is 0 Å². The van der Waals surface area contributed by atoms with Crippen LogP contribution in [0.1, 0.15) is 142 Å². The molecule has 0 atom stereocenters. The minimum Gasteiger partial charge on any atom is -0.351 e. The summed E-state index contributed by atoms with van der Waals surface area (Å²) < 4.78 is 1.57. The lowest BCUT2D eigenvalue weighted by Crippen LogP contribution is -2.48. The van der Waals surface area contributed by atoms with E-state index in [1.54, 1.807) is 0 Å². The molecule has 0 rings (SSSR count). The molecule has 0 spiro atoms. The number of carbonyl (C=O) groups is 2. The zero-order valence-electron chi connectivity index (χ0n) is 28.1. The van der Waals surface area contributed by atoms with Gasteiger partial charge in [-0.2, -0.15) is 0 Å². The number of nitrogens with zero attached hydrogens (tertiary/aromatic N) is 2. The summed E-state index contributed by atoms with van der Waals surface area (Å²) in [5, 5.41) is 6.25. The number of hydrogen-bond donors (Lipinski definition) is 2. The van der Waals surface area contributed by atoms with E-state index in [-0.39, 0.29) is 11.8 Å². The predicted octanol–water partition coefficient (Wildman–Crippen LogP) is 7.21. The molecule has 0 aliphatic carbocycles. The molecule has 2 amide bonds. The van der Waals surface area contributed by atoms with Crippen molar-refractivity contribution < 1.29 is 18.6 Å². The Balaban J connectivity index is 3.67. The first kappa shape index (κ1) is 38.9. The van der Waals surface area contributed by atoms with Crippen LogP contribution in [-0.4, -0.2) is 88.2 Å². The summed E-state index contributed by atoms with van der Waals surface area (Å²) >= 11 is 0. The Morgan fingerprint density at radius 1 is 0.425 bits per heavy atom. The number of quaternary nitrogens is 2. The molecule has 0 saturated carbocycles. The highest BCUT2D eigenvalue weighted by Crippen LogP contribution is 2.12. The first-order chi connectivity index (χ1) is 19.1. The number of carbonyl (C=O) groups excluding carboxylic acids is 2. The van der Waals surface area contributed by atoms with Crippen LogP contribution in [0.2, 0.25) is 0 Å². The van der Waals surface area contributed by atoms with Gasteiger partial charge in [0.25, 0.3) is 11.8 Å². The van der Waals surface area contributed by atoms with Crippen LogP contribution in [0, 0.1) is 0 Å². The van der Waals surface area contributed by atoms with E-state index in [1.165, 1.54) is 116 Å². The largest absolute Gasteiger partial charge is 0.351 e. The van der Waals surface area contributed by atoms with Gasteiger partial charge in [-0.3, -0.25) is 9.59 Å². The highest BCUT2D eigenvalue weighted by molar-refractivity contribution is 5.77. The van der Waals surface area contributed by atoms with Crippen molar-refractivity contribution in [3.05, 3.63) is 0 Å². The number of amides is 2. The van der Waals surface area contributed by atoms with Crippen molar-refractivity contribution >= 4 is 11.8 Å². The van der Waals surface area contributed by atoms with Crippen LogP contribution in [0.25, 0.3) is 0 Å². The van der Waals surface area contributed by atoms with Gasteiger partial charge < -0.3 is 19.6 Å². The van der Waals surface area contributed by atoms with Crippen LogP contribution < -0.4 is 10.6 Å². The second-order valence-electron chi connectivity index (χ2n) is 13.7. The molecular formula is C34H72N4O2+2. The molecule has 0 heterocycles. The van der Waals surface area contributed by atoms with Crippen molar-refractivity contribution in [1.82, 2.24) is 10.6 Å². The van der Waals surface area contributed by atoms with E-state index in [4.69, 9.17) is 0 Å². The van der Waals surface area contributed by atoms with Gasteiger partial charge in [0.15, 0.2) is 13.1 Å². The van der Waals surface area contributed by atoms with Gasteiger partial charge in [0.1, 0.15) is 0 Å². The maximum atomic E-state index is 12.3. The Morgan fingerprint density at radius 3 is 1.02 bits per heavy atom. The molecule has 0 radical (unpaired) electrons. The van der Waals surface area contributed by atoms with Gasteiger partial charge in [0, 0.05) is 13.1 Å². The smallest absolute Gasteiger partial charge is 0.275 e. The van der Waals surface area contributed by atoms with Gasteiger partial charge in [-0.05, 0) is 38.5 Å². The third-order valence-corrected chi connectivity index (χ3v) is 8.13. The van der Waals surface area contributed by atoms with Crippen LogP contribution in [0.3, 0.4) is 0 Å². The number of rotatable bonds is 29. The summed E-state index contributed by atoms with van der Waals surface area (Å²) in [5.41, 5.74) is 0. The maximum Gasteiger partial charge on any atom is 0.275 e. The second kappa shape index (κ2) is 25.6. The molecule has 6 nitrogen and oxygen atoms in total. The molecular weight excluding hydrogens is 496 g/mol. The third kappa shape index (κ3) is 27.1. The monoisotopic (exact) mass is 569 g/mol. The Bertz CT molecular complexity index is 555. The van der Waals surface area contributed by atoms with Crippen LogP contribution >= 0.6 is 0 Å². The number of nitrogens with one attached hydrogen (secondary N) is 2. The minimum atomic E-state index is 0.203. The topological polar surface area (TPSA) is 58.2 Å². The van der Waals surface area contributed by atoms with E-state index in [0.29, 0.717) is 13.1 Å². The van der Waals surface area contributed by atoms with Gasteiger partial charge in [0.05, 0.1) is 41.3 Å². The van der Waals surface area contributed by atoms with Gasteiger partial charge in [0.2, 0.25) is 0 Å². The molecule has 0 saturated heterocycles. The summed E-state index contributed by atoms with van der Waals surface area (Å²) in [6, 6.07) is 0. The average Bonchev–Trinajstić information content (AvgIpc) is 2.88. The average molecular weight is 569 g/mol. The van der Waals surface area contributed by atoms with Crippen LogP contribution in [-0.2, 0) is 9.59 Å². The minimum absolute atomic E-state index is 0.203. The van der Waals surface area contributed by atoms with Crippen LogP contribution in [0.15, 0.2) is 0 Å². The van der Waals surface area contributed by atoms with Gasteiger partial charge in [-0.15, -0.1) is 0 Å². The maximum absolute atomic E-state index is 12.3. The highest BCUT2D eigenvalue weighted by atomic mass is 16.2. The Kier molecular flexibility index (Phi) is 24.8. The molecule has 0 aliphatic rings. The molecule has 0 bridgehead atoms. The summed E-state index contributed by atoms with van der Waals surface area (Å²) in [4.78, 5) is 24.6. The van der Waals surface area contributed by atoms with E-state index >= 15 is 0 Å². The summed E-state index contributed by atoms with van der Waals surface area (Å²) in [6.45, 7) is 9.47. The van der Waals surface area contributed by atoms with Gasteiger partial charge >= 0.3 is 0 Å². The normalized spacial score (nSPS) is 12.1. The van der Waals surface area contributed by atoms with E-state index in [9.17, 15) is 9.59 Å². The lowest BCUT2D eigenvalue weighted by Gasteiger charge is -2.29. The molecule has 0 aromatic heterocycles. The molecule has 0 fully saturated rings. The van der Waals surface area contributed by atoms with Crippen molar-refractivity contribution in [2.24, 2.45) is 0 Å². The zero-order valence-corrected chi connectivity index (χ0v) is 28.1. The van der Waals surface area contributed by atoms with Crippen molar-refractivity contribution in [3.8, 4) is 0 Å². The van der Waals surface area contributed by atoms with E-state index in [0.717, 1.165) is 48.0 Å². The fourth-order valence-corrected chi connectivity index (χ4v) is 5.45. The fraction of sp³-hybridized carbons (Fsp3) is 0.941. The molecule has 0 aromatic rings. The Labute approximate surface area is 250 Å². The second-order valence-corrected chi connectivity index (χ2v) is 13.7. The predicted molar refractivity (Wildman–Crippen MR) is 173 cm³/mol. The quantitative estimate of drug-likeness (QED) is 0.0740. The van der Waals surface area contributed by atoms with Crippen LogP contribution in [0.5, 0.6) is 0 Å². The summed E-state index contributed by atoms with van der Waals surface area (Å²) in [5.74, 6) is 0.406. The first-order valence-electron chi connectivity index (χ1n) is 17.3. The van der Waals surface area contributed by atoms with Crippen LogP contribution in [0.4, 0.5) is 0 Å². The van der Waals surface area contributed by atoms with Gasteiger partial charge in [-0.1, -0.05) is 104 Å². The summed E-state index contributed by atoms with van der Waals surface area (Å²) in [6.07, 6.45) is 25.3. The van der Waals surface area contributed by atoms with Crippen molar-refractivity contribution in [2.45, 2.75) is 142 Å². The fourth-order valence-electron chi connectivity index (χ4n) is 5.45. The molecule has 0 unspecified atom stereocenters. The van der Waals surface area contributed by atoms with E-state index in [2.05, 4.69) is 52.7 Å². The highest BCUT2D eigenvalue weighted by Gasteiger charge is 2.20. The Hall–Kier alpha value is -1.14. The van der Waals surface area contributed by atoms with Crippen molar-refractivity contribution in [1.29, 1.82) is 0 Å². The molecule has 40 heavy (non-hydrogen) atoms. The van der Waals surface area contributed by atoms with Crippen molar-refractivity contribution in [2.75, 3.05) is 67.5 Å². The Morgan fingerprint density at radius 2 is 0.700 bits per heavy atom. The van der Waals surface area contributed by atoms with Gasteiger partial charge in [-0.25, -0.2) is 0 Å². The zero-order chi connectivity index (χ0) is 30.0. The van der Waals surface area contributed by atoms with E-state index in [1.807, 2.05) is 0 Å². The number of unbranched alkanes of at least 4 members (excludes halogenated alkanes) is 17. The SMILES string of the molecule is CCCCCCCCNC(=O)C[N+](C)(C)CCCCCCCCCC[N+](C)(C)CC(=O)NCCCCCCCC. The number of likely N-dealkylation sites (N-methyl/N-ethyl adjacent to an activating group) is 2. The lowest BCUT2D eigenvalue weighted by molar-refractivity contribution is -0.882. The lowest BCUT2D eigenvalue weighted by atomic mass is 10.1. The first-order valence-corrected chi connectivity index (χ1v) is 17.3. The molecule has 6 heteroatoms. The molecule has 0 aromatic carbocycles. The molecule has 2 N–H and O–H groups in total. The van der Waals surface area contributed by atoms with E-state index < -0.39 is 0 Å². The third-order valence-electron chi connectivity index (χ3n) is 8.13. The molecule has 238 valence electrons. The number of hydrogen-bond acceptors (Lipinski definition) is 2. The standard InChI is InChI=1S/C34H70N4O2/c1-7-9-11-13-19-23-27-35-33(39)31-37(3,4)29-25-21-17-15-16-18-22-26-30-38(5,6)32-34(40)36-28-24-20-14-12-10-8-2/h7-32H2,1-6H3/p+2. The summed E-state index contributed by atoms with van der Waals surface area (Å²) in [7, 11) is 8.74. The molecule has 0 aliphatic heterocycles.